The van der Waals surface area contributed by atoms with E-state index in [-0.39, 0.29) is 5.69 Å². The zero-order chi connectivity index (χ0) is 17.2. The first kappa shape index (κ1) is 15.0. The lowest BCUT2D eigenvalue weighted by molar-refractivity contribution is -0.384. The molecule has 1 aromatic heterocycles. The molecule has 25 heavy (non-hydrogen) atoms. The summed E-state index contributed by atoms with van der Waals surface area (Å²) in [5.74, 6) is 0.660. The van der Waals surface area contributed by atoms with E-state index in [1.807, 2.05) is 18.2 Å². The lowest BCUT2D eigenvalue weighted by Gasteiger charge is -2.10. The molecule has 0 spiro atoms. The van der Waals surface area contributed by atoms with Gasteiger partial charge in [0, 0.05) is 24.1 Å². The fraction of sp³-hybridized carbons (Fsp3) is 0.0526. The number of benzene rings is 3. The Bertz CT molecular complexity index is 1090. The minimum absolute atomic E-state index is 0.0196. The van der Waals surface area contributed by atoms with E-state index in [9.17, 15) is 10.1 Å². The summed E-state index contributed by atoms with van der Waals surface area (Å²) >= 11 is 0. The van der Waals surface area contributed by atoms with Crippen LogP contribution in [0.3, 0.4) is 0 Å². The fourth-order valence-electron chi connectivity index (χ4n) is 2.93. The predicted molar refractivity (Wildman–Crippen MR) is 97.5 cm³/mol. The van der Waals surface area contributed by atoms with Crippen LogP contribution in [0.2, 0.25) is 0 Å². The van der Waals surface area contributed by atoms with Crippen molar-refractivity contribution in [1.82, 2.24) is 9.97 Å². The Morgan fingerprint density at radius 1 is 0.960 bits per heavy atom. The minimum Gasteiger partial charge on any atom is -0.365 e. The Labute approximate surface area is 143 Å². The van der Waals surface area contributed by atoms with Crippen molar-refractivity contribution < 1.29 is 4.92 Å². The lowest BCUT2D eigenvalue weighted by Crippen LogP contribution is -2.03. The third-order valence-corrected chi connectivity index (χ3v) is 4.16. The first-order valence-electron chi connectivity index (χ1n) is 7.82. The zero-order valence-electron chi connectivity index (χ0n) is 13.2. The number of aromatic nitrogens is 2. The maximum Gasteiger partial charge on any atom is 0.271 e. The van der Waals surface area contributed by atoms with Gasteiger partial charge in [0.25, 0.3) is 5.69 Å². The summed E-state index contributed by atoms with van der Waals surface area (Å²) < 4.78 is 0. The summed E-state index contributed by atoms with van der Waals surface area (Å²) in [5.41, 5.74) is 1.72. The van der Waals surface area contributed by atoms with Crippen LogP contribution in [0.15, 0.2) is 67.0 Å². The number of nitro groups is 1. The van der Waals surface area contributed by atoms with Crippen molar-refractivity contribution in [1.29, 1.82) is 0 Å². The summed E-state index contributed by atoms with van der Waals surface area (Å²) in [4.78, 5) is 18.9. The molecule has 1 N–H and O–H groups in total. The topological polar surface area (TPSA) is 81.0 Å². The van der Waals surface area contributed by atoms with E-state index in [0.717, 1.165) is 10.9 Å². The van der Waals surface area contributed by atoms with Crippen molar-refractivity contribution in [2.45, 2.75) is 6.54 Å². The molecule has 0 atom stereocenters. The van der Waals surface area contributed by atoms with Crippen LogP contribution in [0.25, 0.3) is 21.7 Å². The van der Waals surface area contributed by atoms with Crippen LogP contribution in [-0.4, -0.2) is 14.9 Å². The van der Waals surface area contributed by atoms with Crippen molar-refractivity contribution >= 4 is 33.2 Å². The van der Waals surface area contributed by atoms with E-state index in [4.69, 9.17) is 0 Å². The Balaban J connectivity index is 1.68. The molecule has 0 amide bonds. The highest BCUT2D eigenvalue weighted by atomic mass is 16.6. The molecule has 0 saturated carbocycles. The third kappa shape index (κ3) is 2.85. The van der Waals surface area contributed by atoms with E-state index in [0.29, 0.717) is 17.9 Å². The molecular weight excluding hydrogens is 316 g/mol. The van der Waals surface area contributed by atoms with Crippen LogP contribution in [0, 0.1) is 10.1 Å². The van der Waals surface area contributed by atoms with Gasteiger partial charge in [-0.05, 0) is 22.4 Å². The zero-order valence-corrected chi connectivity index (χ0v) is 13.2. The smallest absolute Gasteiger partial charge is 0.271 e. The molecule has 0 saturated heterocycles. The summed E-state index contributed by atoms with van der Waals surface area (Å²) in [6, 6.07) is 19.0. The monoisotopic (exact) mass is 330 g/mol. The van der Waals surface area contributed by atoms with E-state index in [1.54, 1.807) is 6.07 Å². The highest BCUT2D eigenvalue weighted by molar-refractivity contribution is 5.90. The average molecular weight is 330 g/mol. The molecular formula is C19H14N4O2. The summed E-state index contributed by atoms with van der Waals surface area (Å²) in [6.07, 6.45) is 1.41. The molecule has 0 aliphatic carbocycles. The van der Waals surface area contributed by atoms with Gasteiger partial charge in [-0.1, -0.05) is 42.5 Å². The summed E-state index contributed by atoms with van der Waals surface area (Å²) in [5, 5.41) is 17.4. The average Bonchev–Trinajstić information content (AvgIpc) is 2.65. The first-order chi connectivity index (χ1) is 12.2. The standard InChI is InChI=1S/C19H14N4O2/c24-23(25)15-8-9-17-18(10-15)21-12-22-19(17)20-11-14-6-3-5-13-4-1-2-7-16(13)14/h1-10,12H,11H2,(H,20,21,22). The molecule has 0 unspecified atom stereocenters. The molecule has 0 aliphatic heterocycles. The number of nitrogens with one attached hydrogen (secondary N) is 1. The van der Waals surface area contributed by atoms with Gasteiger partial charge in [0.05, 0.1) is 10.4 Å². The van der Waals surface area contributed by atoms with Gasteiger partial charge in [0.2, 0.25) is 0 Å². The van der Waals surface area contributed by atoms with E-state index >= 15 is 0 Å². The van der Waals surface area contributed by atoms with Crippen molar-refractivity contribution in [3.8, 4) is 0 Å². The van der Waals surface area contributed by atoms with Gasteiger partial charge in [-0.3, -0.25) is 10.1 Å². The SMILES string of the molecule is O=[N+]([O-])c1ccc2c(NCc3cccc4ccccc34)ncnc2c1. The third-order valence-electron chi connectivity index (χ3n) is 4.16. The Kier molecular flexibility index (Phi) is 3.70. The molecule has 4 aromatic rings. The van der Waals surface area contributed by atoms with Crippen molar-refractivity contribution in [2.75, 3.05) is 5.32 Å². The molecule has 122 valence electrons. The van der Waals surface area contributed by atoms with Crippen LogP contribution < -0.4 is 5.32 Å². The molecule has 3 aromatic carbocycles. The second-order valence-corrected chi connectivity index (χ2v) is 5.67. The van der Waals surface area contributed by atoms with Crippen LogP contribution in [0.5, 0.6) is 0 Å². The maximum atomic E-state index is 10.9. The normalized spacial score (nSPS) is 10.9. The minimum atomic E-state index is -0.426. The molecule has 0 bridgehead atoms. The number of rotatable bonds is 4. The fourth-order valence-corrected chi connectivity index (χ4v) is 2.93. The number of hydrogen-bond acceptors (Lipinski definition) is 5. The van der Waals surface area contributed by atoms with Gasteiger partial charge in [0.15, 0.2) is 0 Å². The Hall–Kier alpha value is -3.54. The molecule has 1 heterocycles. The maximum absolute atomic E-state index is 10.9. The van der Waals surface area contributed by atoms with Crippen LogP contribution in [0.4, 0.5) is 11.5 Å². The number of fused-ring (bicyclic) bond motifs is 2. The van der Waals surface area contributed by atoms with Gasteiger partial charge in [-0.25, -0.2) is 9.97 Å². The number of hydrogen-bond donors (Lipinski definition) is 1. The van der Waals surface area contributed by atoms with E-state index < -0.39 is 4.92 Å². The van der Waals surface area contributed by atoms with Crippen LogP contribution in [-0.2, 0) is 6.54 Å². The number of nitrogens with zero attached hydrogens (tertiary/aromatic N) is 3. The highest BCUT2D eigenvalue weighted by Crippen LogP contribution is 2.25. The van der Waals surface area contributed by atoms with Gasteiger partial charge in [-0.15, -0.1) is 0 Å². The largest absolute Gasteiger partial charge is 0.365 e. The summed E-state index contributed by atoms with van der Waals surface area (Å²) in [7, 11) is 0. The van der Waals surface area contributed by atoms with Crippen molar-refractivity contribution in [3.63, 3.8) is 0 Å². The van der Waals surface area contributed by atoms with E-state index in [1.165, 1.54) is 29.2 Å². The summed E-state index contributed by atoms with van der Waals surface area (Å²) in [6.45, 7) is 0.602. The van der Waals surface area contributed by atoms with E-state index in [2.05, 4.69) is 39.6 Å². The quantitative estimate of drug-likeness (QED) is 0.445. The second kappa shape index (κ2) is 6.16. The van der Waals surface area contributed by atoms with Gasteiger partial charge >= 0.3 is 0 Å². The Morgan fingerprint density at radius 2 is 1.80 bits per heavy atom. The van der Waals surface area contributed by atoms with Gasteiger partial charge < -0.3 is 5.32 Å². The Morgan fingerprint density at radius 3 is 2.68 bits per heavy atom. The predicted octanol–water partition coefficient (Wildman–Crippen LogP) is 4.30. The van der Waals surface area contributed by atoms with Crippen LogP contribution >= 0.6 is 0 Å². The van der Waals surface area contributed by atoms with Crippen molar-refractivity contribution in [2.24, 2.45) is 0 Å². The van der Waals surface area contributed by atoms with Crippen molar-refractivity contribution in [3.05, 3.63) is 82.7 Å². The van der Waals surface area contributed by atoms with Gasteiger partial charge in [-0.2, -0.15) is 0 Å². The first-order valence-corrected chi connectivity index (χ1v) is 7.82. The molecule has 0 radical (unpaired) electrons. The molecule has 0 fully saturated rings. The molecule has 6 heteroatoms. The second-order valence-electron chi connectivity index (χ2n) is 5.67. The number of anilines is 1. The van der Waals surface area contributed by atoms with Crippen LogP contribution in [0.1, 0.15) is 5.56 Å². The lowest BCUT2D eigenvalue weighted by atomic mass is 10.0. The van der Waals surface area contributed by atoms with Gasteiger partial charge in [0.1, 0.15) is 12.1 Å². The highest BCUT2D eigenvalue weighted by Gasteiger charge is 2.10. The number of non-ortho nitro benzene ring substituents is 1. The molecule has 0 aliphatic rings. The molecule has 6 nitrogen and oxygen atoms in total. The number of nitro benzene ring substituents is 1. The molecule has 4 rings (SSSR count).